The first-order valence-electron chi connectivity index (χ1n) is 11.6. The molecule has 3 aromatic heterocycles. The van der Waals surface area contributed by atoms with Gasteiger partial charge in [-0.1, -0.05) is 56.8 Å². The van der Waals surface area contributed by atoms with Gasteiger partial charge in [0.1, 0.15) is 0 Å². The van der Waals surface area contributed by atoms with Crippen molar-refractivity contribution in [2.45, 2.75) is 51.5 Å². The van der Waals surface area contributed by atoms with E-state index < -0.39 is 0 Å². The van der Waals surface area contributed by atoms with Crippen molar-refractivity contribution in [1.82, 2.24) is 20.2 Å². The summed E-state index contributed by atoms with van der Waals surface area (Å²) in [4.78, 5) is 9.22. The SMILES string of the molecule is CC12CCC(c3c1n[n-]c3-c1nc(OC[N-]Cc3ccccn3)cc3ccccc13)C2(C)C.[Pt+2]. The third-order valence-electron chi connectivity index (χ3n) is 8.10. The van der Waals surface area contributed by atoms with Gasteiger partial charge in [0.2, 0.25) is 5.88 Å². The Balaban J connectivity index is 0.00000241. The van der Waals surface area contributed by atoms with Gasteiger partial charge in [-0.15, -0.1) is 6.54 Å². The van der Waals surface area contributed by atoms with Gasteiger partial charge in [0.15, 0.2) is 0 Å². The van der Waals surface area contributed by atoms with Crippen LogP contribution in [0.1, 0.15) is 56.5 Å². The summed E-state index contributed by atoms with van der Waals surface area (Å²) in [7, 11) is 0. The van der Waals surface area contributed by atoms with Gasteiger partial charge in [0, 0.05) is 41.2 Å². The fourth-order valence-corrected chi connectivity index (χ4v) is 5.85. The molecule has 2 unspecified atom stereocenters. The number of rotatable bonds is 6. The van der Waals surface area contributed by atoms with Crippen LogP contribution in [0.5, 0.6) is 5.88 Å². The topological polar surface area (TPSA) is 76.1 Å². The Hall–Kier alpha value is -2.56. The Morgan fingerprint density at radius 2 is 1.94 bits per heavy atom. The third kappa shape index (κ3) is 3.42. The number of nitrogens with zero attached hydrogens (tertiary/aromatic N) is 5. The van der Waals surface area contributed by atoms with Crippen LogP contribution in [0.4, 0.5) is 0 Å². The molecule has 4 aromatic rings. The Kier molecular flexibility index (Phi) is 5.85. The summed E-state index contributed by atoms with van der Waals surface area (Å²) in [5.74, 6) is 1.01. The Labute approximate surface area is 214 Å². The largest absolute Gasteiger partial charge is 2.00 e. The number of fused-ring (bicyclic) bond motifs is 6. The minimum absolute atomic E-state index is 0. The smallest absolute Gasteiger partial charge is 0.624 e. The van der Waals surface area contributed by atoms with Crippen LogP contribution >= 0.6 is 0 Å². The number of hydrogen-bond donors (Lipinski definition) is 0. The molecule has 176 valence electrons. The van der Waals surface area contributed by atoms with E-state index in [4.69, 9.17) is 14.8 Å². The molecule has 0 N–H and O–H groups in total. The Morgan fingerprint density at radius 1 is 1.12 bits per heavy atom. The maximum Gasteiger partial charge on any atom is 2.00 e. The van der Waals surface area contributed by atoms with Gasteiger partial charge >= 0.3 is 21.1 Å². The Bertz CT molecular complexity index is 1340. The van der Waals surface area contributed by atoms with Gasteiger partial charge in [0.25, 0.3) is 0 Å². The first-order valence-corrected chi connectivity index (χ1v) is 11.6. The van der Waals surface area contributed by atoms with Gasteiger partial charge in [-0.05, 0) is 47.3 Å². The van der Waals surface area contributed by atoms with Crippen LogP contribution in [-0.2, 0) is 33.0 Å². The van der Waals surface area contributed by atoms with E-state index >= 15 is 0 Å². The molecule has 0 radical (unpaired) electrons. The van der Waals surface area contributed by atoms with E-state index in [2.05, 4.69) is 48.3 Å². The monoisotopic (exact) mass is 632 g/mol. The molecule has 1 saturated carbocycles. The molecule has 0 amide bonds. The van der Waals surface area contributed by atoms with Gasteiger partial charge in [0.05, 0.1) is 5.69 Å². The van der Waals surface area contributed by atoms with Crippen molar-refractivity contribution in [2.24, 2.45) is 5.41 Å². The van der Waals surface area contributed by atoms with Gasteiger partial charge in [-0.25, -0.2) is 4.98 Å². The minimum Gasteiger partial charge on any atom is -0.624 e. The molecule has 7 heteroatoms. The summed E-state index contributed by atoms with van der Waals surface area (Å²) in [5.41, 5.74) is 5.40. The molecule has 34 heavy (non-hydrogen) atoms. The molecule has 6 rings (SSSR count). The zero-order chi connectivity index (χ0) is 22.6. The van der Waals surface area contributed by atoms with Crippen molar-refractivity contribution >= 4 is 10.8 Å². The summed E-state index contributed by atoms with van der Waals surface area (Å²) >= 11 is 0. The van der Waals surface area contributed by atoms with Crippen molar-refractivity contribution < 1.29 is 25.8 Å². The summed E-state index contributed by atoms with van der Waals surface area (Å²) in [5, 5.41) is 16.0. The fourth-order valence-electron chi connectivity index (χ4n) is 5.85. The predicted molar refractivity (Wildman–Crippen MR) is 128 cm³/mol. The zero-order valence-electron chi connectivity index (χ0n) is 19.6. The van der Waals surface area contributed by atoms with Gasteiger partial charge < -0.3 is 20.3 Å². The number of aromatic nitrogens is 4. The van der Waals surface area contributed by atoms with E-state index in [1.807, 2.05) is 36.4 Å². The molecule has 2 atom stereocenters. The predicted octanol–water partition coefficient (Wildman–Crippen LogP) is 5.73. The molecular formula is C27H27N5OPt. The summed E-state index contributed by atoms with van der Waals surface area (Å²) < 4.78 is 5.96. The van der Waals surface area contributed by atoms with E-state index in [9.17, 15) is 0 Å². The van der Waals surface area contributed by atoms with Crippen molar-refractivity contribution in [3.05, 3.63) is 77.0 Å². The molecule has 2 aliphatic rings. The summed E-state index contributed by atoms with van der Waals surface area (Å²) in [6.45, 7) is 7.85. The molecule has 1 aromatic carbocycles. The molecular weight excluding hydrogens is 605 g/mol. The second kappa shape index (κ2) is 8.58. The Morgan fingerprint density at radius 3 is 2.76 bits per heavy atom. The maximum atomic E-state index is 5.96. The van der Waals surface area contributed by atoms with E-state index in [0.29, 0.717) is 18.3 Å². The van der Waals surface area contributed by atoms with Crippen molar-refractivity contribution in [2.75, 3.05) is 6.73 Å². The van der Waals surface area contributed by atoms with Crippen LogP contribution in [0.3, 0.4) is 0 Å². The van der Waals surface area contributed by atoms with E-state index in [1.54, 1.807) is 6.20 Å². The standard InChI is InChI=1S/C27H27N5O.Pt/c1-26(2)20-11-12-27(26,3)25-22(20)24(31-32-25)23-19-10-5-4-8-17(19)14-21(30-23)33-16-28-15-18-9-6-7-13-29-18;/h4-10,13-14,20H,11-12,15-16H2,1-3H3;/q-2;+2. The van der Waals surface area contributed by atoms with Crippen LogP contribution in [-0.4, -0.2) is 21.8 Å². The van der Waals surface area contributed by atoms with Crippen molar-refractivity contribution in [3.63, 3.8) is 0 Å². The third-order valence-corrected chi connectivity index (χ3v) is 8.10. The molecule has 0 aliphatic heterocycles. The van der Waals surface area contributed by atoms with E-state index in [-0.39, 0.29) is 38.6 Å². The quantitative estimate of drug-likeness (QED) is 0.254. The normalized spacial score (nSPS) is 21.9. The average Bonchev–Trinajstić information content (AvgIpc) is 3.41. The molecule has 0 saturated heterocycles. The second-order valence-electron chi connectivity index (χ2n) is 9.96. The van der Waals surface area contributed by atoms with Crippen molar-refractivity contribution in [3.8, 4) is 17.3 Å². The number of benzene rings is 1. The molecule has 3 heterocycles. The first kappa shape index (κ1) is 23.2. The van der Waals surface area contributed by atoms with Gasteiger partial charge in [-0.3, -0.25) is 4.98 Å². The number of ether oxygens (including phenoxy) is 1. The van der Waals surface area contributed by atoms with E-state index in [0.717, 1.165) is 27.9 Å². The maximum absolute atomic E-state index is 5.96. The van der Waals surface area contributed by atoms with Crippen LogP contribution < -0.4 is 9.84 Å². The van der Waals surface area contributed by atoms with E-state index in [1.165, 1.54) is 24.1 Å². The molecule has 1 fully saturated rings. The second-order valence-corrected chi connectivity index (χ2v) is 9.96. The van der Waals surface area contributed by atoms with Crippen molar-refractivity contribution in [1.29, 1.82) is 0 Å². The first-order chi connectivity index (χ1) is 16.0. The zero-order valence-corrected chi connectivity index (χ0v) is 21.8. The molecule has 2 aliphatic carbocycles. The van der Waals surface area contributed by atoms with Crippen LogP contribution in [0, 0.1) is 5.41 Å². The van der Waals surface area contributed by atoms with Crippen LogP contribution in [0.2, 0.25) is 0 Å². The van der Waals surface area contributed by atoms with Gasteiger partial charge in [-0.2, -0.15) is 0 Å². The summed E-state index contributed by atoms with van der Waals surface area (Å²) in [6, 6.07) is 16.1. The number of hydrogen-bond acceptors (Lipinski definition) is 4. The summed E-state index contributed by atoms with van der Waals surface area (Å²) in [6.07, 6.45) is 4.12. The fraction of sp³-hybridized carbons (Fsp3) is 0.370. The molecule has 2 bridgehead atoms. The molecule has 0 spiro atoms. The van der Waals surface area contributed by atoms with Crippen LogP contribution in [0.25, 0.3) is 27.5 Å². The average molecular weight is 633 g/mol. The molecule has 6 nitrogen and oxygen atoms in total. The number of pyridine rings is 2. The minimum atomic E-state index is 0. The van der Waals surface area contributed by atoms with Crippen LogP contribution in [0.15, 0.2) is 54.7 Å².